The Hall–Kier alpha value is -1.14. The molecule has 94 valence electrons. The zero-order chi connectivity index (χ0) is 12.8. The van der Waals surface area contributed by atoms with Gasteiger partial charge in [0.25, 0.3) is 0 Å². The van der Waals surface area contributed by atoms with Crippen LogP contribution < -0.4 is 5.48 Å². The number of methoxy groups -OCH3 is 1. The van der Waals surface area contributed by atoms with Gasteiger partial charge in [0.1, 0.15) is 11.6 Å². The van der Waals surface area contributed by atoms with Crippen molar-refractivity contribution in [1.82, 2.24) is 5.48 Å². The van der Waals surface area contributed by atoms with Crippen LogP contribution >= 0.6 is 0 Å². The first kappa shape index (κ1) is 14.9. The van der Waals surface area contributed by atoms with Crippen molar-refractivity contribution >= 4 is 11.9 Å². The number of esters is 2. The van der Waals surface area contributed by atoms with Gasteiger partial charge in [0.15, 0.2) is 6.61 Å². The van der Waals surface area contributed by atoms with E-state index in [0.717, 1.165) is 0 Å². The molecule has 0 radical (unpaired) electrons. The van der Waals surface area contributed by atoms with Crippen LogP contribution in [0.2, 0.25) is 0 Å². The largest absolute Gasteiger partial charge is 0.468 e. The van der Waals surface area contributed by atoms with Gasteiger partial charge in [0.2, 0.25) is 0 Å². The highest BCUT2D eigenvalue weighted by molar-refractivity contribution is 5.75. The molecule has 0 aromatic rings. The second-order valence-corrected chi connectivity index (χ2v) is 4.24. The number of hydrogen-bond acceptors (Lipinski definition) is 6. The summed E-state index contributed by atoms with van der Waals surface area (Å²) in [6, 6.07) is -0.632. The molecular weight excluding hydrogens is 214 g/mol. The van der Waals surface area contributed by atoms with E-state index in [9.17, 15) is 9.59 Å². The molecule has 16 heavy (non-hydrogen) atoms. The maximum atomic E-state index is 11.2. The molecule has 0 unspecified atom stereocenters. The molecule has 0 aromatic heterocycles. The zero-order valence-electron chi connectivity index (χ0n) is 10.3. The van der Waals surface area contributed by atoms with Gasteiger partial charge in [-0.1, -0.05) is 0 Å². The fourth-order valence-corrected chi connectivity index (χ4v) is 0.821. The van der Waals surface area contributed by atoms with Gasteiger partial charge in [-0.2, -0.15) is 5.48 Å². The van der Waals surface area contributed by atoms with E-state index in [-0.39, 0.29) is 6.61 Å². The summed E-state index contributed by atoms with van der Waals surface area (Å²) in [5.74, 6) is -0.971. The van der Waals surface area contributed by atoms with Gasteiger partial charge in [-0.15, -0.1) is 0 Å². The van der Waals surface area contributed by atoms with Crippen molar-refractivity contribution < 1.29 is 23.9 Å². The summed E-state index contributed by atoms with van der Waals surface area (Å²) in [6.45, 7) is 6.57. The highest BCUT2D eigenvalue weighted by Crippen LogP contribution is 2.06. The molecule has 0 spiro atoms. The molecule has 6 heteroatoms. The minimum absolute atomic E-state index is 0.265. The predicted molar refractivity (Wildman–Crippen MR) is 56.4 cm³/mol. The van der Waals surface area contributed by atoms with E-state index in [4.69, 9.17) is 9.57 Å². The van der Waals surface area contributed by atoms with Crippen molar-refractivity contribution in [2.24, 2.45) is 0 Å². The molecule has 0 aliphatic rings. The van der Waals surface area contributed by atoms with Gasteiger partial charge < -0.3 is 9.47 Å². The average Bonchev–Trinajstić information content (AvgIpc) is 2.13. The summed E-state index contributed by atoms with van der Waals surface area (Å²) in [6.07, 6.45) is 0. The smallest absolute Gasteiger partial charge is 0.334 e. The molecule has 0 heterocycles. The summed E-state index contributed by atoms with van der Waals surface area (Å²) < 4.78 is 9.44. The fraction of sp³-hybridized carbons (Fsp3) is 0.800. The third kappa shape index (κ3) is 7.19. The van der Waals surface area contributed by atoms with Crippen molar-refractivity contribution in [3.63, 3.8) is 0 Å². The summed E-state index contributed by atoms with van der Waals surface area (Å²) in [4.78, 5) is 26.9. The van der Waals surface area contributed by atoms with Crippen LogP contribution in [0.5, 0.6) is 0 Å². The third-order valence-corrected chi connectivity index (χ3v) is 1.42. The average molecular weight is 233 g/mol. The van der Waals surface area contributed by atoms with E-state index in [0.29, 0.717) is 0 Å². The fourth-order valence-electron chi connectivity index (χ4n) is 0.821. The lowest BCUT2D eigenvalue weighted by molar-refractivity contribution is -0.166. The van der Waals surface area contributed by atoms with E-state index < -0.39 is 23.6 Å². The number of carbonyl (C=O) groups excluding carboxylic acids is 2. The standard InChI is InChI=1S/C10H19NO5/c1-7(9(13)14-5)11-15-6-8(12)16-10(2,3)4/h7,11H,6H2,1-5H3/t7-/m0/s1. The van der Waals surface area contributed by atoms with Crippen molar-refractivity contribution in [3.8, 4) is 0 Å². The predicted octanol–water partition coefficient (Wildman–Crippen LogP) is 0.411. The van der Waals surface area contributed by atoms with Crippen molar-refractivity contribution in [2.75, 3.05) is 13.7 Å². The zero-order valence-corrected chi connectivity index (χ0v) is 10.3. The normalized spacial score (nSPS) is 13.1. The van der Waals surface area contributed by atoms with Crippen molar-refractivity contribution in [1.29, 1.82) is 0 Å². The minimum Gasteiger partial charge on any atom is -0.468 e. The molecule has 1 N–H and O–H groups in total. The van der Waals surface area contributed by atoms with Gasteiger partial charge in [0, 0.05) is 0 Å². The maximum Gasteiger partial charge on any atom is 0.334 e. The molecular formula is C10H19NO5. The van der Waals surface area contributed by atoms with Crippen LogP contribution in [0, 0.1) is 0 Å². The van der Waals surface area contributed by atoms with E-state index in [2.05, 4.69) is 10.2 Å². The molecule has 0 aromatic carbocycles. The van der Waals surface area contributed by atoms with Crippen LogP contribution in [0.4, 0.5) is 0 Å². The Morgan fingerprint density at radius 1 is 1.31 bits per heavy atom. The van der Waals surface area contributed by atoms with Gasteiger partial charge in [-0.05, 0) is 27.7 Å². The number of hydroxylamine groups is 1. The van der Waals surface area contributed by atoms with Crippen LogP contribution in [0.1, 0.15) is 27.7 Å². The first-order valence-corrected chi connectivity index (χ1v) is 4.93. The summed E-state index contributed by atoms with van der Waals surface area (Å²) in [7, 11) is 1.27. The van der Waals surface area contributed by atoms with Crippen LogP contribution in [0.3, 0.4) is 0 Å². The molecule has 0 aliphatic carbocycles. The minimum atomic E-state index is -0.632. The van der Waals surface area contributed by atoms with Crippen LogP contribution in [0.15, 0.2) is 0 Å². The Kier molecular flexibility index (Phi) is 5.98. The summed E-state index contributed by atoms with van der Waals surface area (Å²) >= 11 is 0. The lowest BCUT2D eigenvalue weighted by Crippen LogP contribution is -2.37. The van der Waals surface area contributed by atoms with Gasteiger partial charge in [-0.25, -0.2) is 4.79 Å². The Balaban J connectivity index is 3.74. The van der Waals surface area contributed by atoms with Crippen LogP contribution in [-0.2, 0) is 23.9 Å². The highest BCUT2D eigenvalue weighted by Gasteiger charge is 2.17. The van der Waals surface area contributed by atoms with Gasteiger partial charge in [-0.3, -0.25) is 9.63 Å². The Labute approximate surface area is 95.2 Å². The van der Waals surface area contributed by atoms with Crippen molar-refractivity contribution in [2.45, 2.75) is 39.3 Å². The Bertz CT molecular complexity index is 246. The molecule has 6 nitrogen and oxygen atoms in total. The second kappa shape index (κ2) is 6.44. The summed E-state index contributed by atoms with van der Waals surface area (Å²) in [5.41, 5.74) is 1.83. The highest BCUT2D eigenvalue weighted by atomic mass is 16.7. The Morgan fingerprint density at radius 3 is 2.31 bits per heavy atom. The van der Waals surface area contributed by atoms with E-state index in [1.165, 1.54) is 7.11 Å². The quantitative estimate of drug-likeness (QED) is 0.547. The SMILES string of the molecule is COC(=O)[C@H](C)NOCC(=O)OC(C)(C)C. The topological polar surface area (TPSA) is 73.9 Å². The summed E-state index contributed by atoms with van der Waals surface area (Å²) in [5, 5.41) is 0. The third-order valence-electron chi connectivity index (χ3n) is 1.42. The lowest BCUT2D eigenvalue weighted by atomic mass is 10.2. The van der Waals surface area contributed by atoms with E-state index in [1.807, 2.05) is 0 Å². The number of carbonyl (C=O) groups is 2. The second-order valence-electron chi connectivity index (χ2n) is 4.24. The number of rotatable bonds is 5. The number of ether oxygens (including phenoxy) is 2. The molecule has 0 saturated carbocycles. The van der Waals surface area contributed by atoms with Gasteiger partial charge in [0.05, 0.1) is 7.11 Å². The molecule has 0 rings (SSSR count). The van der Waals surface area contributed by atoms with E-state index >= 15 is 0 Å². The molecule has 0 bridgehead atoms. The molecule has 0 fully saturated rings. The first-order valence-electron chi connectivity index (χ1n) is 4.93. The Morgan fingerprint density at radius 2 is 1.88 bits per heavy atom. The van der Waals surface area contributed by atoms with Crippen LogP contribution in [0.25, 0.3) is 0 Å². The number of nitrogens with one attached hydrogen (secondary N) is 1. The maximum absolute atomic E-state index is 11.2. The van der Waals surface area contributed by atoms with Gasteiger partial charge >= 0.3 is 11.9 Å². The lowest BCUT2D eigenvalue weighted by Gasteiger charge is -2.19. The molecule has 0 saturated heterocycles. The molecule has 1 atom stereocenters. The molecule has 0 aliphatic heterocycles. The van der Waals surface area contributed by atoms with Crippen LogP contribution in [-0.4, -0.2) is 37.3 Å². The van der Waals surface area contributed by atoms with E-state index in [1.54, 1.807) is 27.7 Å². The number of hydrogen-bond donors (Lipinski definition) is 1. The monoisotopic (exact) mass is 233 g/mol. The first-order chi connectivity index (χ1) is 7.26. The van der Waals surface area contributed by atoms with Crippen molar-refractivity contribution in [3.05, 3.63) is 0 Å². The molecule has 0 amide bonds.